The van der Waals surface area contributed by atoms with Crippen LogP contribution in [0.2, 0.25) is 0 Å². The third-order valence-electron chi connectivity index (χ3n) is 5.43. The Morgan fingerprint density at radius 2 is 1.89 bits per heavy atom. The number of hydrogen-bond donors (Lipinski definition) is 0. The lowest BCUT2D eigenvalue weighted by molar-refractivity contribution is 0.103. The molecule has 1 aliphatic carbocycles. The van der Waals surface area contributed by atoms with Crippen molar-refractivity contribution in [2.24, 2.45) is 0 Å². The molecule has 136 valence electrons. The molecule has 27 heavy (non-hydrogen) atoms. The van der Waals surface area contributed by atoms with Gasteiger partial charge in [0.2, 0.25) is 5.78 Å². The number of para-hydroxylation sites is 1. The van der Waals surface area contributed by atoms with E-state index in [1.54, 1.807) is 6.20 Å². The highest BCUT2D eigenvalue weighted by Crippen LogP contribution is 2.47. The van der Waals surface area contributed by atoms with E-state index >= 15 is 0 Å². The van der Waals surface area contributed by atoms with Crippen LogP contribution in [0.3, 0.4) is 0 Å². The Balaban J connectivity index is 1.76. The molecule has 0 unspecified atom stereocenters. The van der Waals surface area contributed by atoms with E-state index in [0.717, 1.165) is 18.5 Å². The molecule has 0 fully saturated rings. The van der Waals surface area contributed by atoms with Gasteiger partial charge in [-0.25, -0.2) is 0 Å². The van der Waals surface area contributed by atoms with Gasteiger partial charge in [-0.15, -0.1) is 0 Å². The van der Waals surface area contributed by atoms with Crippen molar-refractivity contribution in [3.05, 3.63) is 88.9 Å². The predicted molar refractivity (Wildman–Crippen MR) is 111 cm³/mol. The van der Waals surface area contributed by atoms with Crippen molar-refractivity contribution in [2.45, 2.75) is 32.6 Å². The first-order valence-corrected chi connectivity index (χ1v) is 9.51. The van der Waals surface area contributed by atoms with Gasteiger partial charge in [-0.3, -0.25) is 9.78 Å². The molecule has 2 aliphatic rings. The second-order valence-corrected chi connectivity index (χ2v) is 7.57. The molecule has 0 bridgehead atoms. The Morgan fingerprint density at radius 3 is 2.70 bits per heavy atom. The molecule has 0 spiro atoms. The van der Waals surface area contributed by atoms with Crippen molar-refractivity contribution >= 4 is 17.5 Å². The summed E-state index contributed by atoms with van der Waals surface area (Å²) in [5.41, 5.74) is 5.83. The number of hydrogen-bond acceptors (Lipinski definition) is 3. The maximum absolute atomic E-state index is 12.8. The average Bonchev–Trinajstić information content (AvgIpc) is 2.89. The van der Waals surface area contributed by atoms with Gasteiger partial charge in [0.1, 0.15) is 5.69 Å². The summed E-state index contributed by atoms with van der Waals surface area (Å²) in [4.78, 5) is 19.4. The molecule has 1 aromatic heterocycles. The van der Waals surface area contributed by atoms with Crippen LogP contribution in [0.25, 0.3) is 6.08 Å². The summed E-state index contributed by atoms with van der Waals surface area (Å²) < 4.78 is 0. The van der Waals surface area contributed by atoms with E-state index in [0.29, 0.717) is 11.3 Å². The van der Waals surface area contributed by atoms with E-state index < -0.39 is 0 Å². The van der Waals surface area contributed by atoms with E-state index in [9.17, 15) is 4.79 Å². The fourth-order valence-corrected chi connectivity index (χ4v) is 4.04. The van der Waals surface area contributed by atoms with Crippen molar-refractivity contribution in [3.8, 4) is 0 Å². The number of rotatable bonds is 3. The highest BCUT2D eigenvalue weighted by molar-refractivity contribution is 6.14. The van der Waals surface area contributed by atoms with Crippen LogP contribution < -0.4 is 4.90 Å². The zero-order chi connectivity index (χ0) is 19.0. The average molecular weight is 356 g/mol. The van der Waals surface area contributed by atoms with Gasteiger partial charge >= 0.3 is 0 Å². The summed E-state index contributed by atoms with van der Waals surface area (Å²) in [5, 5.41) is 0. The first-order chi connectivity index (χ1) is 13.0. The van der Waals surface area contributed by atoms with E-state index in [-0.39, 0.29) is 11.2 Å². The van der Waals surface area contributed by atoms with Gasteiger partial charge < -0.3 is 4.90 Å². The van der Waals surface area contributed by atoms with Crippen LogP contribution in [-0.2, 0) is 5.41 Å². The highest BCUT2D eigenvalue weighted by atomic mass is 16.1. The lowest BCUT2D eigenvalue weighted by atomic mass is 9.83. The Kier molecular flexibility index (Phi) is 4.31. The van der Waals surface area contributed by atoms with Gasteiger partial charge in [0.15, 0.2) is 0 Å². The zero-order valence-corrected chi connectivity index (χ0v) is 16.1. The van der Waals surface area contributed by atoms with Gasteiger partial charge in [-0.2, -0.15) is 0 Å². The fraction of sp³-hybridized carbons (Fsp3) is 0.250. The molecule has 0 N–H and O–H groups in total. The normalized spacial score (nSPS) is 20.3. The van der Waals surface area contributed by atoms with E-state index in [2.05, 4.69) is 61.0 Å². The SMILES string of the molecule is CCCN1C(=CC=C2C=Cc3cccnc3C2=O)C(C)(C)c2ccccc21. The summed E-state index contributed by atoms with van der Waals surface area (Å²) in [6.07, 6.45) is 10.7. The predicted octanol–water partition coefficient (Wildman–Crippen LogP) is 5.31. The molecule has 1 aromatic carbocycles. The number of fused-ring (bicyclic) bond motifs is 2. The molecule has 0 radical (unpaired) electrons. The van der Waals surface area contributed by atoms with E-state index in [1.807, 2.05) is 30.4 Å². The molecule has 0 amide bonds. The lowest BCUT2D eigenvalue weighted by Gasteiger charge is -2.26. The molecule has 3 heteroatoms. The number of allylic oxidation sites excluding steroid dienone is 5. The summed E-state index contributed by atoms with van der Waals surface area (Å²) in [6, 6.07) is 12.4. The molecule has 2 aromatic rings. The first kappa shape index (κ1) is 17.5. The van der Waals surface area contributed by atoms with Crippen molar-refractivity contribution in [1.29, 1.82) is 0 Å². The molecule has 1 aliphatic heterocycles. The number of carbonyl (C=O) groups is 1. The summed E-state index contributed by atoms with van der Waals surface area (Å²) >= 11 is 0. The van der Waals surface area contributed by atoms with Crippen LogP contribution in [0, 0.1) is 0 Å². The van der Waals surface area contributed by atoms with Crippen molar-refractivity contribution in [1.82, 2.24) is 4.98 Å². The van der Waals surface area contributed by atoms with E-state index in [1.165, 1.54) is 16.9 Å². The maximum atomic E-state index is 12.8. The van der Waals surface area contributed by atoms with Gasteiger partial charge in [-0.1, -0.05) is 57.2 Å². The van der Waals surface area contributed by atoms with Gasteiger partial charge in [0.25, 0.3) is 0 Å². The van der Waals surface area contributed by atoms with Crippen molar-refractivity contribution in [3.63, 3.8) is 0 Å². The second-order valence-electron chi connectivity index (χ2n) is 7.57. The molecule has 0 saturated heterocycles. The molecule has 2 heterocycles. The number of ketones is 1. The van der Waals surface area contributed by atoms with E-state index in [4.69, 9.17) is 0 Å². The topological polar surface area (TPSA) is 33.2 Å². The van der Waals surface area contributed by atoms with Gasteiger partial charge in [0, 0.05) is 40.7 Å². The minimum absolute atomic E-state index is 0.0136. The summed E-state index contributed by atoms with van der Waals surface area (Å²) in [6.45, 7) is 7.66. The van der Waals surface area contributed by atoms with Crippen LogP contribution in [0.15, 0.2) is 72.1 Å². The molecule has 4 rings (SSSR count). The third-order valence-corrected chi connectivity index (χ3v) is 5.43. The number of Topliss-reactive ketones (excluding diaryl/α,β-unsaturated/α-hetero) is 1. The number of pyridine rings is 1. The number of benzene rings is 1. The quantitative estimate of drug-likeness (QED) is 0.699. The zero-order valence-electron chi connectivity index (χ0n) is 16.1. The smallest absolute Gasteiger partial charge is 0.211 e. The molecule has 3 nitrogen and oxygen atoms in total. The molecule has 0 saturated carbocycles. The Labute approximate surface area is 160 Å². The minimum atomic E-state index is -0.0968. The number of anilines is 1. The Bertz CT molecular complexity index is 995. The summed E-state index contributed by atoms with van der Waals surface area (Å²) in [5.74, 6) is -0.0136. The van der Waals surface area contributed by atoms with Crippen LogP contribution in [-0.4, -0.2) is 17.3 Å². The van der Waals surface area contributed by atoms with Crippen LogP contribution >= 0.6 is 0 Å². The Morgan fingerprint density at radius 1 is 1.07 bits per heavy atom. The maximum Gasteiger partial charge on any atom is 0.211 e. The molecule has 0 atom stereocenters. The van der Waals surface area contributed by atoms with Crippen molar-refractivity contribution in [2.75, 3.05) is 11.4 Å². The Hall–Kier alpha value is -2.94. The van der Waals surface area contributed by atoms with Crippen LogP contribution in [0.4, 0.5) is 5.69 Å². The fourth-order valence-electron chi connectivity index (χ4n) is 4.04. The largest absolute Gasteiger partial charge is 0.344 e. The summed E-state index contributed by atoms with van der Waals surface area (Å²) in [7, 11) is 0. The number of nitrogens with zero attached hydrogens (tertiary/aromatic N) is 2. The third kappa shape index (κ3) is 2.84. The van der Waals surface area contributed by atoms with Gasteiger partial charge in [-0.05, 0) is 36.3 Å². The number of carbonyl (C=O) groups excluding carboxylic acids is 1. The first-order valence-electron chi connectivity index (χ1n) is 9.51. The van der Waals surface area contributed by atoms with Crippen LogP contribution in [0.5, 0.6) is 0 Å². The molecular formula is C24H24N2O. The lowest BCUT2D eigenvalue weighted by Crippen LogP contribution is -2.26. The number of aromatic nitrogens is 1. The van der Waals surface area contributed by atoms with Crippen molar-refractivity contribution < 1.29 is 4.79 Å². The standard InChI is InChI=1S/C24H24N2O/c1-4-16-26-20-10-6-5-9-19(20)24(2,3)21(26)14-13-18-12-11-17-8-7-15-25-22(17)23(18)27/h5-15H,4,16H2,1-3H3. The minimum Gasteiger partial charge on any atom is -0.344 e. The highest BCUT2D eigenvalue weighted by Gasteiger charge is 2.39. The molecular weight excluding hydrogens is 332 g/mol. The van der Waals surface area contributed by atoms with Crippen LogP contribution in [0.1, 0.15) is 48.8 Å². The van der Waals surface area contributed by atoms with Gasteiger partial charge in [0.05, 0.1) is 0 Å². The monoisotopic (exact) mass is 356 g/mol. The second kappa shape index (κ2) is 6.66.